The Balaban J connectivity index is 2.77. The number of anilines is 1. The van der Waals surface area contributed by atoms with Crippen molar-refractivity contribution in [3.63, 3.8) is 0 Å². The molecule has 0 fully saturated rings. The second-order valence-electron chi connectivity index (χ2n) is 5.39. The number of carboxylic acid groups (broad SMARTS) is 1. The van der Waals surface area contributed by atoms with Gasteiger partial charge in [-0.05, 0) is 19.1 Å². The highest BCUT2D eigenvalue weighted by atomic mass is 32.2. The number of hydrogen-bond acceptors (Lipinski definition) is 5. The lowest BCUT2D eigenvalue weighted by Crippen LogP contribution is -2.46. The van der Waals surface area contributed by atoms with Gasteiger partial charge in [0.2, 0.25) is 11.8 Å². The molecule has 10 heteroatoms. The van der Waals surface area contributed by atoms with Crippen molar-refractivity contribution in [2.24, 2.45) is 0 Å². The summed E-state index contributed by atoms with van der Waals surface area (Å²) in [4.78, 5) is 36.0. The van der Waals surface area contributed by atoms with Crippen molar-refractivity contribution < 1.29 is 28.3 Å². The first kappa shape index (κ1) is 21.8. The Bertz CT molecular complexity index is 646. The molecule has 3 N–H and O–H groups in total. The monoisotopic (exact) mass is 389 g/mol. The van der Waals surface area contributed by atoms with E-state index in [1.165, 1.54) is 30.9 Å². The van der Waals surface area contributed by atoms with Gasteiger partial charge >= 0.3 is 5.97 Å². The summed E-state index contributed by atoms with van der Waals surface area (Å²) in [5, 5.41) is 14.2. The van der Waals surface area contributed by atoms with E-state index in [1.54, 1.807) is 12.1 Å². The van der Waals surface area contributed by atoms with Gasteiger partial charge in [0.25, 0.3) is 5.76 Å². The number of carbonyl (C=O) groups is 3. The fourth-order valence-electron chi connectivity index (χ4n) is 2.08. The van der Waals surface area contributed by atoms with E-state index in [-0.39, 0.29) is 36.1 Å². The molecule has 0 saturated carbocycles. The number of amides is 2. The van der Waals surface area contributed by atoms with E-state index in [0.29, 0.717) is 11.8 Å². The number of nitrogens with one attached hydrogen (secondary N) is 2. The maximum absolute atomic E-state index is 12.6. The Labute approximate surface area is 154 Å². The normalized spacial score (nSPS) is 12.1. The number of halogens is 2. The first-order chi connectivity index (χ1) is 12.2. The van der Waals surface area contributed by atoms with Gasteiger partial charge in [0.15, 0.2) is 0 Å². The Kier molecular flexibility index (Phi) is 9.00. The zero-order valence-corrected chi connectivity index (χ0v) is 15.2. The lowest BCUT2D eigenvalue weighted by atomic mass is 10.2. The first-order valence-electron chi connectivity index (χ1n) is 7.75. The zero-order valence-electron chi connectivity index (χ0n) is 14.4. The molecule has 1 aromatic carbocycles. The van der Waals surface area contributed by atoms with Crippen molar-refractivity contribution in [1.29, 1.82) is 0 Å². The van der Waals surface area contributed by atoms with Crippen LogP contribution in [0.4, 0.5) is 14.5 Å². The highest BCUT2D eigenvalue weighted by Gasteiger charge is 2.23. The molecule has 7 nitrogen and oxygen atoms in total. The third-order valence-electron chi connectivity index (χ3n) is 3.40. The predicted octanol–water partition coefficient (Wildman–Crippen LogP) is 1.85. The lowest BCUT2D eigenvalue weighted by molar-refractivity contribution is -0.142. The molecule has 0 spiro atoms. The molecular weight excluding hydrogens is 368 g/mol. The average molecular weight is 389 g/mol. The Morgan fingerprint density at radius 1 is 1.27 bits per heavy atom. The van der Waals surface area contributed by atoms with Crippen LogP contribution in [-0.2, 0) is 14.4 Å². The SMILES string of the molecule is CC(=O)NCCN(CC(=O)Nc1ccccc1SC(F)F)C(C)C(=O)O. The highest BCUT2D eigenvalue weighted by molar-refractivity contribution is 7.99. The Morgan fingerprint density at radius 3 is 2.50 bits per heavy atom. The van der Waals surface area contributed by atoms with Crippen molar-refractivity contribution in [3.05, 3.63) is 24.3 Å². The van der Waals surface area contributed by atoms with E-state index < -0.39 is 23.7 Å². The van der Waals surface area contributed by atoms with E-state index in [2.05, 4.69) is 10.6 Å². The fraction of sp³-hybridized carbons (Fsp3) is 0.438. The van der Waals surface area contributed by atoms with E-state index in [0.717, 1.165) is 0 Å². The molecule has 0 aromatic heterocycles. The summed E-state index contributed by atoms with van der Waals surface area (Å²) in [6.45, 7) is 2.81. The number of carboxylic acids is 1. The minimum atomic E-state index is -2.63. The van der Waals surface area contributed by atoms with Crippen LogP contribution in [0.1, 0.15) is 13.8 Å². The van der Waals surface area contributed by atoms with Gasteiger partial charge in [0, 0.05) is 24.9 Å². The summed E-state index contributed by atoms with van der Waals surface area (Å²) in [7, 11) is 0. The number of para-hydroxylation sites is 1. The highest BCUT2D eigenvalue weighted by Crippen LogP contribution is 2.31. The number of thioether (sulfide) groups is 1. The molecule has 0 aliphatic carbocycles. The third-order valence-corrected chi connectivity index (χ3v) is 4.19. The summed E-state index contributed by atoms with van der Waals surface area (Å²) in [6, 6.07) is 5.16. The number of rotatable bonds is 10. The van der Waals surface area contributed by atoms with E-state index >= 15 is 0 Å². The van der Waals surface area contributed by atoms with Crippen molar-refractivity contribution >= 4 is 35.2 Å². The zero-order chi connectivity index (χ0) is 19.7. The van der Waals surface area contributed by atoms with Crippen molar-refractivity contribution in [2.45, 2.75) is 30.5 Å². The molecule has 1 unspecified atom stereocenters. The summed E-state index contributed by atoms with van der Waals surface area (Å²) in [6.07, 6.45) is 0. The molecule has 2 amide bonds. The maximum atomic E-state index is 12.6. The van der Waals surface area contributed by atoms with Crippen LogP contribution in [0.3, 0.4) is 0 Å². The largest absolute Gasteiger partial charge is 0.480 e. The molecule has 0 aliphatic heterocycles. The molecule has 0 aliphatic rings. The predicted molar refractivity (Wildman–Crippen MR) is 94.3 cm³/mol. The van der Waals surface area contributed by atoms with Crippen molar-refractivity contribution in [2.75, 3.05) is 25.0 Å². The van der Waals surface area contributed by atoms with Gasteiger partial charge in [-0.1, -0.05) is 23.9 Å². The van der Waals surface area contributed by atoms with Gasteiger partial charge < -0.3 is 15.7 Å². The van der Waals surface area contributed by atoms with Gasteiger partial charge in [-0.2, -0.15) is 8.78 Å². The molecule has 0 saturated heterocycles. The summed E-state index contributed by atoms with van der Waals surface area (Å²) in [5.41, 5.74) is 0.229. The summed E-state index contributed by atoms with van der Waals surface area (Å²) < 4.78 is 25.2. The first-order valence-corrected chi connectivity index (χ1v) is 8.63. The van der Waals surface area contributed by atoms with Crippen LogP contribution < -0.4 is 10.6 Å². The number of alkyl halides is 2. The van der Waals surface area contributed by atoms with Gasteiger partial charge in [-0.25, -0.2) is 0 Å². The van der Waals surface area contributed by atoms with Crippen molar-refractivity contribution in [1.82, 2.24) is 10.2 Å². The number of aliphatic carboxylic acids is 1. The molecule has 26 heavy (non-hydrogen) atoms. The molecule has 0 heterocycles. The van der Waals surface area contributed by atoms with Crippen LogP contribution in [0.15, 0.2) is 29.2 Å². The van der Waals surface area contributed by atoms with Gasteiger partial charge in [0.05, 0.1) is 12.2 Å². The minimum Gasteiger partial charge on any atom is -0.480 e. The fourth-order valence-corrected chi connectivity index (χ4v) is 2.68. The Morgan fingerprint density at radius 2 is 1.92 bits per heavy atom. The van der Waals surface area contributed by atoms with Crippen LogP contribution in [0.2, 0.25) is 0 Å². The van der Waals surface area contributed by atoms with Crippen LogP contribution >= 0.6 is 11.8 Å². The number of carbonyl (C=O) groups excluding carboxylic acids is 2. The molecule has 0 bridgehead atoms. The van der Waals surface area contributed by atoms with Gasteiger partial charge in [-0.15, -0.1) is 0 Å². The number of nitrogens with zero attached hydrogens (tertiary/aromatic N) is 1. The maximum Gasteiger partial charge on any atom is 0.320 e. The smallest absolute Gasteiger partial charge is 0.320 e. The lowest BCUT2D eigenvalue weighted by Gasteiger charge is -2.25. The van der Waals surface area contributed by atoms with Crippen molar-refractivity contribution in [3.8, 4) is 0 Å². The molecule has 0 radical (unpaired) electrons. The van der Waals surface area contributed by atoms with Crippen LogP contribution in [0.5, 0.6) is 0 Å². The van der Waals surface area contributed by atoms with E-state index in [1.807, 2.05) is 0 Å². The van der Waals surface area contributed by atoms with Gasteiger partial charge in [-0.3, -0.25) is 19.3 Å². The summed E-state index contributed by atoms with van der Waals surface area (Å²) >= 11 is 0.311. The van der Waals surface area contributed by atoms with Gasteiger partial charge in [0.1, 0.15) is 6.04 Å². The second-order valence-corrected chi connectivity index (χ2v) is 6.42. The minimum absolute atomic E-state index is 0.147. The quantitative estimate of drug-likeness (QED) is 0.528. The number of benzene rings is 1. The molecule has 144 valence electrons. The average Bonchev–Trinajstić information content (AvgIpc) is 2.54. The van der Waals surface area contributed by atoms with Crippen LogP contribution in [0, 0.1) is 0 Å². The molecule has 1 aromatic rings. The topological polar surface area (TPSA) is 98.7 Å². The molecular formula is C16H21F2N3O4S. The molecule has 1 atom stereocenters. The van der Waals surface area contributed by atoms with Crippen LogP contribution in [-0.4, -0.2) is 59.2 Å². The molecule has 1 rings (SSSR count). The van der Waals surface area contributed by atoms with E-state index in [4.69, 9.17) is 5.11 Å². The standard InChI is InChI=1S/C16H21F2N3O4S/c1-10(15(24)25)21(8-7-19-11(2)22)9-14(23)20-12-5-3-4-6-13(12)26-16(17)18/h3-6,10,16H,7-9H2,1-2H3,(H,19,22)(H,20,23)(H,24,25). The summed E-state index contributed by atoms with van der Waals surface area (Å²) in [5.74, 6) is -4.55. The third kappa shape index (κ3) is 7.79. The number of hydrogen-bond donors (Lipinski definition) is 3. The van der Waals surface area contributed by atoms with E-state index in [9.17, 15) is 23.2 Å². The second kappa shape index (κ2) is 10.7. The van der Waals surface area contributed by atoms with Crippen LogP contribution in [0.25, 0.3) is 0 Å². The Hall–Kier alpha value is -2.20.